The first-order chi connectivity index (χ1) is 13.9. The van der Waals surface area contributed by atoms with E-state index in [1.807, 2.05) is 24.3 Å². The molecule has 0 fully saturated rings. The van der Waals surface area contributed by atoms with Crippen molar-refractivity contribution in [2.24, 2.45) is 0 Å². The monoisotopic (exact) mass is 362 g/mol. The van der Waals surface area contributed by atoms with Gasteiger partial charge >= 0.3 is 0 Å². The first-order valence-corrected chi connectivity index (χ1v) is 9.62. The summed E-state index contributed by atoms with van der Waals surface area (Å²) >= 11 is 0. The van der Waals surface area contributed by atoms with Gasteiger partial charge in [0.05, 0.1) is 0 Å². The standard InChI is InChI=1S/C26H18O2/c1-3-11-23-17(7-1)15-21-19(9-5-13-25(21)27-23)20-10-6-14-26-22(20)16-18-8-2-4-12-24(18)28-26/h1-14H,15-16H2. The van der Waals surface area contributed by atoms with Crippen LogP contribution in [0.5, 0.6) is 23.0 Å². The highest BCUT2D eigenvalue weighted by Crippen LogP contribution is 2.45. The van der Waals surface area contributed by atoms with E-state index in [1.165, 1.54) is 33.4 Å². The molecule has 2 aliphatic heterocycles. The third-order valence-corrected chi connectivity index (χ3v) is 5.68. The lowest BCUT2D eigenvalue weighted by Crippen LogP contribution is -2.07. The van der Waals surface area contributed by atoms with Gasteiger partial charge in [0.1, 0.15) is 23.0 Å². The van der Waals surface area contributed by atoms with Crippen LogP contribution in [0, 0.1) is 0 Å². The molecule has 0 radical (unpaired) electrons. The lowest BCUT2D eigenvalue weighted by molar-refractivity contribution is 0.458. The highest BCUT2D eigenvalue weighted by Gasteiger charge is 2.24. The molecule has 0 N–H and O–H groups in total. The summed E-state index contributed by atoms with van der Waals surface area (Å²) in [4.78, 5) is 0. The molecule has 4 aromatic carbocycles. The average Bonchev–Trinajstić information content (AvgIpc) is 2.75. The topological polar surface area (TPSA) is 18.5 Å². The quantitative estimate of drug-likeness (QED) is 0.322. The van der Waals surface area contributed by atoms with Crippen LogP contribution in [-0.2, 0) is 12.8 Å². The highest BCUT2D eigenvalue weighted by atomic mass is 16.5. The van der Waals surface area contributed by atoms with E-state index >= 15 is 0 Å². The predicted octanol–water partition coefficient (Wildman–Crippen LogP) is 6.75. The molecule has 0 amide bonds. The first-order valence-electron chi connectivity index (χ1n) is 9.62. The lowest BCUT2D eigenvalue weighted by Gasteiger charge is -2.26. The Kier molecular flexibility index (Phi) is 3.33. The van der Waals surface area contributed by atoms with Gasteiger partial charge in [-0.05, 0) is 46.5 Å². The highest BCUT2D eigenvalue weighted by molar-refractivity contribution is 5.78. The summed E-state index contributed by atoms with van der Waals surface area (Å²) in [6.45, 7) is 0. The van der Waals surface area contributed by atoms with Crippen LogP contribution in [0.4, 0.5) is 0 Å². The van der Waals surface area contributed by atoms with Crippen LogP contribution in [-0.4, -0.2) is 0 Å². The summed E-state index contributed by atoms with van der Waals surface area (Å²) in [6, 6.07) is 29.3. The summed E-state index contributed by atoms with van der Waals surface area (Å²) < 4.78 is 12.4. The predicted molar refractivity (Wildman–Crippen MR) is 111 cm³/mol. The van der Waals surface area contributed by atoms with Crippen molar-refractivity contribution in [3.8, 4) is 34.1 Å². The van der Waals surface area contributed by atoms with Gasteiger partial charge in [-0.3, -0.25) is 0 Å². The molecule has 0 saturated heterocycles. The maximum Gasteiger partial charge on any atom is 0.131 e. The Bertz CT molecular complexity index is 1130. The van der Waals surface area contributed by atoms with Crippen molar-refractivity contribution in [2.75, 3.05) is 0 Å². The minimum Gasteiger partial charge on any atom is -0.457 e. The molecule has 2 heterocycles. The molecule has 2 aliphatic rings. The summed E-state index contributed by atoms with van der Waals surface area (Å²) in [7, 11) is 0. The summed E-state index contributed by atoms with van der Waals surface area (Å²) in [5, 5.41) is 0. The van der Waals surface area contributed by atoms with Gasteiger partial charge in [-0.25, -0.2) is 0 Å². The molecule has 134 valence electrons. The molecule has 6 rings (SSSR count). The van der Waals surface area contributed by atoms with Crippen molar-refractivity contribution in [1.82, 2.24) is 0 Å². The van der Waals surface area contributed by atoms with Gasteiger partial charge in [0.15, 0.2) is 0 Å². The average molecular weight is 362 g/mol. The largest absolute Gasteiger partial charge is 0.457 e. The number of ether oxygens (including phenoxy) is 2. The fourth-order valence-electron chi connectivity index (χ4n) is 4.31. The van der Waals surface area contributed by atoms with Crippen LogP contribution in [0.25, 0.3) is 11.1 Å². The second kappa shape index (κ2) is 6.00. The summed E-state index contributed by atoms with van der Waals surface area (Å²) in [5.74, 6) is 3.82. The van der Waals surface area contributed by atoms with Gasteiger partial charge in [0.2, 0.25) is 0 Å². The third kappa shape index (κ3) is 2.35. The van der Waals surface area contributed by atoms with Crippen molar-refractivity contribution in [2.45, 2.75) is 12.8 Å². The fourth-order valence-corrected chi connectivity index (χ4v) is 4.31. The van der Waals surface area contributed by atoms with Gasteiger partial charge < -0.3 is 9.47 Å². The van der Waals surface area contributed by atoms with Crippen LogP contribution >= 0.6 is 0 Å². The Morgan fingerprint density at radius 2 is 0.857 bits per heavy atom. The van der Waals surface area contributed by atoms with E-state index in [0.29, 0.717) is 0 Å². The van der Waals surface area contributed by atoms with Crippen molar-refractivity contribution >= 4 is 0 Å². The van der Waals surface area contributed by atoms with Crippen molar-refractivity contribution in [1.29, 1.82) is 0 Å². The van der Waals surface area contributed by atoms with E-state index in [1.54, 1.807) is 0 Å². The molecule has 0 aliphatic carbocycles. The Labute approximate surface area is 164 Å². The van der Waals surface area contributed by atoms with E-state index in [0.717, 1.165) is 35.8 Å². The van der Waals surface area contributed by atoms with E-state index < -0.39 is 0 Å². The summed E-state index contributed by atoms with van der Waals surface area (Å²) in [5.41, 5.74) is 7.41. The maximum atomic E-state index is 6.21. The van der Waals surface area contributed by atoms with Crippen molar-refractivity contribution in [3.05, 3.63) is 107 Å². The van der Waals surface area contributed by atoms with Crippen LogP contribution in [0.1, 0.15) is 22.3 Å². The van der Waals surface area contributed by atoms with Gasteiger partial charge in [0.25, 0.3) is 0 Å². The SMILES string of the molecule is c1ccc2c(c1)Cc1c(cccc1-c1cccc3c1Cc1ccccc1O3)O2. The van der Waals surface area contributed by atoms with Crippen LogP contribution < -0.4 is 9.47 Å². The molecular formula is C26H18O2. The van der Waals surface area contributed by atoms with Gasteiger partial charge in [-0.15, -0.1) is 0 Å². The van der Waals surface area contributed by atoms with E-state index in [-0.39, 0.29) is 0 Å². The molecule has 0 spiro atoms. The number of hydrogen-bond acceptors (Lipinski definition) is 2. The zero-order valence-electron chi connectivity index (χ0n) is 15.3. The molecule has 0 saturated carbocycles. The van der Waals surface area contributed by atoms with Gasteiger partial charge in [-0.2, -0.15) is 0 Å². The fraction of sp³-hybridized carbons (Fsp3) is 0.0769. The van der Waals surface area contributed by atoms with Crippen LogP contribution in [0.15, 0.2) is 84.9 Å². The molecule has 0 unspecified atom stereocenters. The maximum absolute atomic E-state index is 6.21. The zero-order valence-corrected chi connectivity index (χ0v) is 15.3. The molecule has 2 nitrogen and oxygen atoms in total. The molecule has 0 atom stereocenters. The Hall–Kier alpha value is -3.52. The third-order valence-electron chi connectivity index (χ3n) is 5.68. The number of hydrogen-bond donors (Lipinski definition) is 0. The van der Waals surface area contributed by atoms with E-state index in [4.69, 9.17) is 9.47 Å². The molecule has 0 aromatic heterocycles. The lowest BCUT2D eigenvalue weighted by atomic mass is 9.87. The Morgan fingerprint density at radius 3 is 1.36 bits per heavy atom. The first kappa shape index (κ1) is 15.5. The zero-order chi connectivity index (χ0) is 18.5. The molecular weight excluding hydrogens is 344 g/mol. The van der Waals surface area contributed by atoms with Gasteiger partial charge in [-0.1, -0.05) is 60.7 Å². The second-order valence-electron chi connectivity index (χ2n) is 7.34. The number of benzene rings is 4. The number of para-hydroxylation sites is 2. The van der Waals surface area contributed by atoms with Crippen LogP contribution in [0.2, 0.25) is 0 Å². The van der Waals surface area contributed by atoms with Crippen LogP contribution in [0.3, 0.4) is 0 Å². The number of rotatable bonds is 1. The number of fused-ring (bicyclic) bond motifs is 4. The van der Waals surface area contributed by atoms with Crippen molar-refractivity contribution < 1.29 is 9.47 Å². The van der Waals surface area contributed by atoms with E-state index in [2.05, 4.69) is 60.7 Å². The second-order valence-corrected chi connectivity index (χ2v) is 7.34. The minimum atomic E-state index is 0.878. The molecule has 0 bridgehead atoms. The Morgan fingerprint density at radius 1 is 0.429 bits per heavy atom. The molecule has 28 heavy (non-hydrogen) atoms. The minimum absolute atomic E-state index is 0.878. The molecule has 2 heteroatoms. The smallest absolute Gasteiger partial charge is 0.131 e. The summed E-state index contributed by atoms with van der Waals surface area (Å²) in [6.07, 6.45) is 1.76. The Balaban J connectivity index is 1.50. The normalized spacial score (nSPS) is 13.3. The van der Waals surface area contributed by atoms with Crippen molar-refractivity contribution in [3.63, 3.8) is 0 Å². The molecule has 4 aromatic rings. The van der Waals surface area contributed by atoms with E-state index in [9.17, 15) is 0 Å². The van der Waals surface area contributed by atoms with Gasteiger partial charge in [0, 0.05) is 24.0 Å².